The first kappa shape index (κ1) is 16.9. The van der Waals surface area contributed by atoms with E-state index in [0.29, 0.717) is 10.0 Å². The highest BCUT2D eigenvalue weighted by Crippen LogP contribution is 2.31. The fraction of sp³-hybridized carbons (Fsp3) is 0.474. The average Bonchev–Trinajstić information content (AvgIpc) is 2.94. The van der Waals surface area contributed by atoms with E-state index in [-0.39, 0.29) is 0 Å². The number of furan rings is 1. The van der Waals surface area contributed by atoms with Gasteiger partial charge in [0.2, 0.25) is 0 Å². The number of hydrogen-bond acceptors (Lipinski definition) is 1. The Hall–Kier alpha value is -0.960. The summed E-state index contributed by atoms with van der Waals surface area (Å²) in [5.74, 6) is 1.82. The lowest BCUT2D eigenvalue weighted by atomic mass is 9.97. The van der Waals surface area contributed by atoms with E-state index in [4.69, 9.17) is 27.6 Å². The zero-order valence-electron chi connectivity index (χ0n) is 13.4. The van der Waals surface area contributed by atoms with Gasteiger partial charge in [-0.3, -0.25) is 0 Å². The summed E-state index contributed by atoms with van der Waals surface area (Å²) in [6, 6.07) is 10.3. The topological polar surface area (TPSA) is 29.8 Å². The maximum Gasteiger partial charge on any atom is 0.158 e. The molecule has 1 aromatic heterocycles. The number of hydrogen-bond donors (Lipinski definition) is 1. The number of halogens is 2. The third-order valence-electron chi connectivity index (χ3n) is 4.66. The molecule has 2 aromatic rings. The first-order valence-corrected chi connectivity index (χ1v) is 9.35. The van der Waals surface area contributed by atoms with Crippen LogP contribution in [0.3, 0.4) is 0 Å². The summed E-state index contributed by atoms with van der Waals surface area (Å²) in [6.07, 6.45) is 9.59. The summed E-state index contributed by atoms with van der Waals surface area (Å²) in [5, 5.41) is 3.71. The van der Waals surface area contributed by atoms with Crippen LogP contribution in [0.5, 0.6) is 0 Å². The molecule has 0 aliphatic heterocycles. The third kappa shape index (κ3) is 4.76. The van der Waals surface area contributed by atoms with E-state index >= 15 is 0 Å². The minimum atomic E-state index is 0.627. The third-order valence-corrected chi connectivity index (χ3v) is 5.21. The molecule has 0 unspecified atom stereocenters. The van der Waals surface area contributed by atoms with Gasteiger partial charge in [0.25, 0.3) is 0 Å². The molecule has 4 heteroatoms. The van der Waals surface area contributed by atoms with Crippen molar-refractivity contribution in [2.75, 3.05) is 0 Å². The maximum absolute atomic E-state index is 6.25. The van der Waals surface area contributed by atoms with Gasteiger partial charge in [-0.15, -0.1) is 0 Å². The Morgan fingerprint density at radius 3 is 2.43 bits per heavy atom. The highest BCUT2D eigenvalue weighted by Gasteiger charge is 2.15. The average molecular weight is 353 g/mol. The Bertz CT molecular complexity index is 630. The smallest absolute Gasteiger partial charge is 0.158 e. The van der Waals surface area contributed by atoms with Gasteiger partial charge in [-0.1, -0.05) is 42.5 Å². The molecular weight excluding hydrogens is 329 g/mol. The van der Waals surface area contributed by atoms with Crippen molar-refractivity contribution in [3.05, 3.63) is 46.1 Å². The first-order valence-electron chi connectivity index (χ1n) is 8.60. The molecule has 1 aliphatic carbocycles. The summed E-state index contributed by atoms with van der Waals surface area (Å²) in [5.41, 5.74) is 0.897. The van der Waals surface area contributed by atoms with Crippen molar-refractivity contribution in [2.45, 2.75) is 57.5 Å². The van der Waals surface area contributed by atoms with Crippen LogP contribution < -0.4 is 5.32 Å². The van der Waals surface area contributed by atoms with Gasteiger partial charge >= 0.3 is 0 Å². The van der Waals surface area contributed by atoms with Crippen LogP contribution >= 0.6 is 23.2 Å². The van der Waals surface area contributed by atoms with Gasteiger partial charge in [0.1, 0.15) is 12.3 Å². The number of quaternary nitrogens is 1. The van der Waals surface area contributed by atoms with E-state index in [1.165, 1.54) is 44.9 Å². The van der Waals surface area contributed by atoms with Crippen LogP contribution in [0, 0.1) is 0 Å². The van der Waals surface area contributed by atoms with Gasteiger partial charge in [-0.05, 0) is 56.0 Å². The molecule has 1 aliphatic rings. The Labute approximate surface area is 148 Å². The second kappa shape index (κ2) is 8.23. The Morgan fingerprint density at radius 2 is 1.70 bits per heavy atom. The molecule has 1 saturated carbocycles. The van der Waals surface area contributed by atoms with Gasteiger partial charge in [0.05, 0.1) is 11.1 Å². The Balaban J connectivity index is 1.60. The second-order valence-corrected chi connectivity index (χ2v) is 7.28. The zero-order valence-corrected chi connectivity index (χ0v) is 14.9. The van der Waals surface area contributed by atoms with E-state index in [0.717, 1.165) is 29.7 Å². The summed E-state index contributed by atoms with van der Waals surface area (Å²) < 4.78 is 5.98. The van der Waals surface area contributed by atoms with Gasteiger partial charge in [-0.2, -0.15) is 0 Å². The molecule has 2 nitrogen and oxygen atoms in total. The normalized spacial score (nSPS) is 17.0. The lowest BCUT2D eigenvalue weighted by molar-refractivity contribution is -0.707. The molecule has 1 fully saturated rings. The predicted octanol–water partition coefficient (Wildman–Crippen LogP) is 5.43. The fourth-order valence-electron chi connectivity index (χ4n) is 3.33. The van der Waals surface area contributed by atoms with Gasteiger partial charge < -0.3 is 9.73 Å². The Kier molecular flexibility index (Phi) is 6.04. The monoisotopic (exact) mass is 352 g/mol. The van der Waals surface area contributed by atoms with Crippen molar-refractivity contribution in [1.82, 2.24) is 0 Å². The van der Waals surface area contributed by atoms with Gasteiger partial charge in [0.15, 0.2) is 5.76 Å². The molecule has 1 heterocycles. The standard InChI is InChI=1S/C19H23Cl2NO/c20-14-8-10-17(18(21)12-14)19-11-9-16(23-19)13-22-15-6-4-2-1-3-5-7-15/h8-12,15,22H,1-7,13H2/p+1. The minimum Gasteiger partial charge on any atom is -0.455 e. The second-order valence-electron chi connectivity index (χ2n) is 6.44. The van der Waals surface area contributed by atoms with Crippen LogP contribution in [0.25, 0.3) is 11.3 Å². The zero-order chi connectivity index (χ0) is 16.1. The molecule has 0 bridgehead atoms. The van der Waals surface area contributed by atoms with Crippen molar-refractivity contribution < 1.29 is 9.73 Å². The van der Waals surface area contributed by atoms with Crippen molar-refractivity contribution >= 4 is 23.2 Å². The molecular formula is C19H24Cl2NO+. The Morgan fingerprint density at radius 1 is 0.957 bits per heavy atom. The molecule has 23 heavy (non-hydrogen) atoms. The number of nitrogens with two attached hydrogens (primary N) is 1. The van der Waals surface area contributed by atoms with Crippen molar-refractivity contribution in [3.63, 3.8) is 0 Å². The molecule has 0 amide bonds. The van der Waals surface area contributed by atoms with E-state index in [1.807, 2.05) is 18.2 Å². The van der Waals surface area contributed by atoms with E-state index < -0.39 is 0 Å². The maximum atomic E-state index is 6.25. The van der Waals surface area contributed by atoms with Crippen molar-refractivity contribution in [1.29, 1.82) is 0 Å². The molecule has 2 N–H and O–H groups in total. The van der Waals surface area contributed by atoms with Crippen LogP contribution in [0.4, 0.5) is 0 Å². The lowest BCUT2D eigenvalue weighted by Gasteiger charge is -2.17. The summed E-state index contributed by atoms with van der Waals surface area (Å²) in [4.78, 5) is 0. The molecule has 0 atom stereocenters. The molecule has 1 aromatic carbocycles. The van der Waals surface area contributed by atoms with Crippen molar-refractivity contribution in [3.8, 4) is 11.3 Å². The summed E-state index contributed by atoms with van der Waals surface area (Å²) in [6.45, 7) is 0.899. The highest BCUT2D eigenvalue weighted by molar-refractivity contribution is 6.36. The lowest BCUT2D eigenvalue weighted by Crippen LogP contribution is -2.88. The van der Waals surface area contributed by atoms with Crippen molar-refractivity contribution in [2.24, 2.45) is 0 Å². The molecule has 124 valence electrons. The highest BCUT2D eigenvalue weighted by atomic mass is 35.5. The SMILES string of the molecule is Clc1ccc(-c2ccc(C[NH2+]C3CCCCCCC3)o2)c(Cl)c1. The summed E-state index contributed by atoms with van der Waals surface area (Å²) in [7, 11) is 0. The summed E-state index contributed by atoms with van der Waals surface area (Å²) >= 11 is 12.2. The van der Waals surface area contributed by atoms with Crippen LogP contribution in [-0.2, 0) is 6.54 Å². The van der Waals surface area contributed by atoms with Crippen LogP contribution in [0.15, 0.2) is 34.7 Å². The fourth-order valence-corrected chi connectivity index (χ4v) is 3.83. The largest absolute Gasteiger partial charge is 0.455 e. The molecule has 0 spiro atoms. The minimum absolute atomic E-state index is 0.627. The predicted molar refractivity (Wildman–Crippen MR) is 95.9 cm³/mol. The van der Waals surface area contributed by atoms with Crippen LogP contribution in [-0.4, -0.2) is 6.04 Å². The van der Waals surface area contributed by atoms with E-state index in [9.17, 15) is 0 Å². The van der Waals surface area contributed by atoms with Gasteiger partial charge in [-0.25, -0.2) is 0 Å². The number of benzene rings is 1. The molecule has 0 radical (unpaired) electrons. The quantitative estimate of drug-likeness (QED) is 0.780. The molecule has 0 saturated heterocycles. The van der Waals surface area contributed by atoms with Crippen LogP contribution in [0.1, 0.15) is 50.7 Å². The van der Waals surface area contributed by atoms with E-state index in [1.54, 1.807) is 6.07 Å². The first-order chi connectivity index (χ1) is 11.2. The van der Waals surface area contributed by atoms with Gasteiger partial charge in [0, 0.05) is 10.6 Å². The van der Waals surface area contributed by atoms with Crippen LogP contribution in [0.2, 0.25) is 10.0 Å². The molecule has 3 rings (SSSR count). The number of rotatable bonds is 4. The van der Waals surface area contributed by atoms with E-state index in [2.05, 4.69) is 11.4 Å².